The maximum Gasteiger partial charge on any atom is 0.389 e. The van der Waals surface area contributed by atoms with Crippen molar-refractivity contribution >= 4 is 6.03 Å². The van der Waals surface area contributed by atoms with Gasteiger partial charge in [0, 0.05) is 19.6 Å². The third-order valence-electron chi connectivity index (χ3n) is 2.21. The van der Waals surface area contributed by atoms with Crippen LogP contribution in [0.5, 0.6) is 0 Å². The maximum absolute atomic E-state index is 11.2. The first kappa shape index (κ1) is 9.48. The second-order valence-corrected chi connectivity index (χ2v) is 3.19. The molecule has 0 radical (unpaired) electrons. The van der Waals surface area contributed by atoms with Crippen molar-refractivity contribution in [1.29, 1.82) is 0 Å². The molecule has 1 aliphatic rings. The van der Waals surface area contributed by atoms with Gasteiger partial charge in [0.1, 0.15) is 0 Å². The van der Waals surface area contributed by atoms with Crippen LogP contribution in [0.3, 0.4) is 0 Å². The second-order valence-electron chi connectivity index (χ2n) is 3.19. The van der Waals surface area contributed by atoms with Crippen molar-refractivity contribution in [2.24, 2.45) is 0 Å². The zero-order valence-corrected chi connectivity index (χ0v) is 7.62. The Kier molecular flexibility index (Phi) is 3.49. The lowest BCUT2D eigenvalue weighted by Gasteiger charge is -2.17. The molecule has 0 aromatic carbocycles. The van der Waals surface area contributed by atoms with Gasteiger partial charge in [-0.15, -0.1) is 7.05 Å². The highest BCUT2D eigenvalue weighted by molar-refractivity contribution is 5.63. The number of amides is 2. The van der Waals surface area contributed by atoms with Crippen molar-refractivity contribution in [1.82, 2.24) is 9.80 Å². The van der Waals surface area contributed by atoms with E-state index in [9.17, 15) is 4.79 Å². The summed E-state index contributed by atoms with van der Waals surface area (Å²) in [5.74, 6) is 0. The van der Waals surface area contributed by atoms with E-state index >= 15 is 0 Å². The highest BCUT2D eigenvalue weighted by Gasteiger charge is 2.16. The number of quaternary nitrogens is 1. The number of hydrogen-bond donors (Lipinski definition) is 1. The zero-order valence-electron chi connectivity index (χ0n) is 7.62. The van der Waals surface area contributed by atoms with Crippen LogP contribution >= 0.6 is 0 Å². The van der Waals surface area contributed by atoms with Crippen LogP contribution in [0.15, 0.2) is 0 Å². The molecular weight excluding hydrogens is 154 g/mol. The Balaban J connectivity index is 2.40. The van der Waals surface area contributed by atoms with E-state index in [4.69, 9.17) is 0 Å². The molecule has 0 bridgehead atoms. The normalized spacial score (nSPS) is 20.7. The van der Waals surface area contributed by atoms with Gasteiger partial charge in [0.15, 0.2) is 0 Å². The molecule has 12 heavy (non-hydrogen) atoms. The van der Waals surface area contributed by atoms with Crippen LogP contribution in [0.2, 0.25) is 0 Å². The molecular formula is C8H17N3O. The standard InChI is InChI=1S/C8H17N3O/c1-9-8(12)11-5-3-4-10(2)6-7-11/h1,3-7,9H2,2H3. The fourth-order valence-corrected chi connectivity index (χ4v) is 1.40. The van der Waals surface area contributed by atoms with Crippen molar-refractivity contribution in [3.05, 3.63) is 7.05 Å². The van der Waals surface area contributed by atoms with Crippen molar-refractivity contribution in [2.45, 2.75) is 6.42 Å². The van der Waals surface area contributed by atoms with Crippen LogP contribution < -0.4 is 5.32 Å². The molecule has 2 N–H and O–H groups in total. The van der Waals surface area contributed by atoms with E-state index in [1.807, 2.05) is 4.90 Å². The first-order chi connectivity index (χ1) is 5.74. The van der Waals surface area contributed by atoms with Gasteiger partial charge in [0.05, 0.1) is 0 Å². The van der Waals surface area contributed by atoms with Crippen molar-refractivity contribution < 1.29 is 10.1 Å². The van der Waals surface area contributed by atoms with Gasteiger partial charge in [0.2, 0.25) is 0 Å². The topological polar surface area (TPSA) is 40.2 Å². The van der Waals surface area contributed by atoms with Crippen LogP contribution in [-0.4, -0.2) is 49.1 Å². The highest BCUT2D eigenvalue weighted by Crippen LogP contribution is 1.99. The number of carbonyl (C=O) groups is 1. The lowest BCUT2D eigenvalue weighted by molar-refractivity contribution is -0.498. The summed E-state index contributed by atoms with van der Waals surface area (Å²) in [7, 11) is 5.57. The summed E-state index contributed by atoms with van der Waals surface area (Å²) in [5, 5.41) is 1.39. The maximum atomic E-state index is 11.2. The third kappa shape index (κ3) is 2.46. The summed E-state index contributed by atoms with van der Waals surface area (Å²) < 4.78 is 0. The summed E-state index contributed by atoms with van der Waals surface area (Å²) in [6, 6.07) is 0.0605. The average Bonchev–Trinajstić information content (AvgIpc) is 2.29. The molecule has 1 aliphatic heterocycles. The molecule has 2 amide bonds. The average molecular weight is 171 g/mol. The predicted octanol–water partition coefficient (Wildman–Crippen LogP) is -0.901. The number of nitrogens with zero attached hydrogens (tertiary/aromatic N) is 2. The van der Waals surface area contributed by atoms with Gasteiger partial charge >= 0.3 is 6.03 Å². The number of primary amides is 1. The fraction of sp³-hybridized carbons (Fsp3) is 0.750. The number of hydrogen-bond acceptors (Lipinski definition) is 2. The Bertz CT molecular complexity index is 160. The predicted molar refractivity (Wildman–Crippen MR) is 46.4 cm³/mol. The molecule has 0 aliphatic carbocycles. The molecule has 1 heterocycles. The summed E-state index contributed by atoms with van der Waals surface area (Å²) in [4.78, 5) is 15.3. The SMILES string of the molecule is [CH2-][NH2+]C(=O)N1CCCN(C)CC1. The molecule has 70 valence electrons. The number of rotatable bonds is 0. The smallest absolute Gasteiger partial charge is 0.389 e. The minimum Gasteiger partial charge on any atom is -0.395 e. The minimum absolute atomic E-state index is 0.0605. The van der Waals surface area contributed by atoms with Crippen LogP contribution in [0.1, 0.15) is 6.42 Å². The molecule has 1 saturated heterocycles. The van der Waals surface area contributed by atoms with Gasteiger partial charge in [-0.1, -0.05) is 0 Å². The number of likely N-dealkylation sites (N-methyl/N-ethyl adjacent to an activating group) is 1. The first-order valence-corrected chi connectivity index (χ1v) is 4.34. The molecule has 1 rings (SSSR count). The highest BCUT2D eigenvalue weighted by atomic mass is 16.2. The lowest BCUT2D eigenvalue weighted by atomic mass is 10.4. The van der Waals surface area contributed by atoms with Crippen molar-refractivity contribution in [3.63, 3.8) is 0 Å². The van der Waals surface area contributed by atoms with Gasteiger partial charge < -0.3 is 10.2 Å². The van der Waals surface area contributed by atoms with Gasteiger partial charge in [-0.3, -0.25) is 4.90 Å². The number of urea groups is 1. The summed E-state index contributed by atoms with van der Waals surface area (Å²) >= 11 is 0. The van der Waals surface area contributed by atoms with E-state index in [1.165, 1.54) is 5.32 Å². The molecule has 4 nitrogen and oxygen atoms in total. The molecule has 1 fully saturated rings. The Labute approximate surface area is 73.5 Å². The Morgan fingerprint density at radius 1 is 1.33 bits per heavy atom. The van der Waals surface area contributed by atoms with Crippen LogP contribution in [0.4, 0.5) is 4.79 Å². The van der Waals surface area contributed by atoms with Crippen molar-refractivity contribution in [2.75, 3.05) is 33.2 Å². The monoisotopic (exact) mass is 171 g/mol. The van der Waals surface area contributed by atoms with Gasteiger partial charge in [-0.25, -0.2) is 4.79 Å². The van der Waals surface area contributed by atoms with Gasteiger partial charge in [0.25, 0.3) is 0 Å². The molecule has 0 saturated carbocycles. The molecule has 0 unspecified atom stereocenters. The largest absolute Gasteiger partial charge is 0.395 e. The molecule has 4 heteroatoms. The lowest BCUT2D eigenvalue weighted by Crippen LogP contribution is -2.84. The van der Waals surface area contributed by atoms with E-state index in [0.29, 0.717) is 0 Å². The Morgan fingerprint density at radius 2 is 2.08 bits per heavy atom. The van der Waals surface area contributed by atoms with Crippen LogP contribution in [0, 0.1) is 7.05 Å². The van der Waals surface area contributed by atoms with E-state index in [0.717, 1.165) is 32.6 Å². The van der Waals surface area contributed by atoms with Gasteiger partial charge in [-0.05, 0) is 20.0 Å². The Morgan fingerprint density at radius 3 is 2.75 bits per heavy atom. The van der Waals surface area contributed by atoms with Crippen LogP contribution in [0.25, 0.3) is 0 Å². The quantitative estimate of drug-likeness (QED) is 0.480. The van der Waals surface area contributed by atoms with E-state index < -0.39 is 0 Å². The summed E-state index contributed by atoms with van der Waals surface area (Å²) in [6.45, 7) is 3.76. The van der Waals surface area contributed by atoms with Crippen LogP contribution in [-0.2, 0) is 0 Å². The summed E-state index contributed by atoms with van der Waals surface area (Å²) in [6.07, 6.45) is 1.07. The zero-order chi connectivity index (χ0) is 8.97. The van der Waals surface area contributed by atoms with E-state index in [-0.39, 0.29) is 6.03 Å². The van der Waals surface area contributed by atoms with E-state index in [2.05, 4.69) is 19.0 Å². The third-order valence-corrected chi connectivity index (χ3v) is 2.21. The molecule has 0 aromatic heterocycles. The Hall–Kier alpha value is -0.610. The molecule has 0 aromatic rings. The first-order valence-electron chi connectivity index (χ1n) is 4.34. The minimum atomic E-state index is 0.0605. The van der Waals surface area contributed by atoms with Gasteiger partial charge in [-0.2, -0.15) is 0 Å². The fourth-order valence-electron chi connectivity index (χ4n) is 1.40. The van der Waals surface area contributed by atoms with E-state index in [1.54, 1.807) is 0 Å². The number of carbonyl (C=O) groups excluding carboxylic acids is 1. The second kappa shape index (κ2) is 4.42. The molecule has 0 atom stereocenters. The molecule has 0 spiro atoms. The summed E-state index contributed by atoms with van der Waals surface area (Å²) in [5.41, 5.74) is 0. The van der Waals surface area contributed by atoms with Crippen molar-refractivity contribution in [3.8, 4) is 0 Å². The number of nitrogens with two attached hydrogens (primary N) is 1.